The van der Waals surface area contributed by atoms with Crippen LogP contribution in [0.1, 0.15) is 12.8 Å². The number of nitrogens with one attached hydrogen (secondary N) is 1. The Morgan fingerprint density at radius 1 is 1.26 bits per heavy atom. The third kappa shape index (κ3) is 3.97. The van der Waals surface area contributed by atoms with Crippen LogP contribution in [0.5, 0.6) is 11.5 Å². The van der Waals surface area contributed by atoms with Crippen LogP contribution in [-0.4, -0.2) is 48.4 Å². The topological polar surface area (TPSA) is 123 Å². The Hall–Kier alpha value is -3.23. The fourth-order valence-electron chi connectivity index (χ4n) is 3.11. The Bertz CT molecular complexity index is 821. The summed E-state index contributed by atoms with van der Waals surface area (Å²) in [5, 5.41) is 12.3. The lowest BCUT2D eigenvalue weighted by Crippen LogP contribution is -2.37. The molecule has 0 radical (unpaired) electrons. The summed E-state index contributed by atoms with van der Waals surface area (Å²) in [7, 11) is 3.16. The molecule has 1 fully saturated rings. The van der Waals surface area contributed by atoms with Crippen molar-refractivity contribution in [2.24, 2.45) is 5.92 Å². The highest BCUT2D eigenvalue weighted by atomic mass is 16.5. The van der Waals surface area contributed by atoms with Gasteiger partial charge < -0.3 is 30.5 Å². The first-order valence-corrected chi connectivity index (χ1v) is 8.60. The van der Waals surface area contributed by atoms with Gasteiger partial charge in [-0.2, -0.15) is 0 Å². The Balaban J connectivity index is 1.81. The maximum absolute atomic E-state index is 11.1. The first-order chi connectivity index (χ1) is 13.0. The molecular formula is C18H23N5O4. The molecule has 0 aliphatic carbocycles. The average molecular weight is 373 g/mol. The zero-order valence-electron chi connectivity index (χ0n) is 15.3. The van der Waals surface area contributed by atoms with Crippen molar-refractivity contribution in [1.29, 1.82) is 0 Å². The number of benzene rings is 1. The molecule has 9 heteroatoms. The Labute approximate surface area is 157 Å². The summed E-state index contributed by atoms with van der Waals surface area (Å²) in [6.45, 7) is 1.17. The molecule has 0 amide bonds. The van der Waals surface area contributed by atoms with Gasteiger partial charge in [0.1, 0.15) is 23.5 Å². The van der Waals surface area contributed by atoms with E-state index in [1.165, 1.54) is 6.33 Å². The predicted octanol–water partition coefficient (Wildman–Crippen LogP) is 2.12. The molecule has 144 valence electrons. The van der Waals surface area contributed by atoms with Crippen molar-refractivity contribution in [3.8, 4) is 11.5 Å². The summed E-state index contributed by atoms with van der Waals surface area (Å²) in [6.07, 6.45) is 2.56. The standard InChI is InChI=1S/C18H23N5O4/c1-26-12-3-4-13(14(9-12)27-2)22-16-15(19)17(21-10-20-16)23-7-5-11(6-8-23)18(24)25/h3-4,9-11H,5-8,19H2,1-2H3,(H,24,25)(H,20,21,22). The Kier molecular flexibility index (Phi) is 5.49. The highest BCUT2D eigenvalue weighted by molar-refractivity contribution is 5.80. The normalized spacial score (nSPS) is 14.7. The molecule has 0 bridgehead atoms. The number of ether oxygens (including phenoxy) is 2. The summed E-state index contributed by atoms with van der Waals surface area (Å²) in [5.74, 6) is 1.27. The summed E-state index contributed by atoms with van der Waals surface area (Å²) >= 11 is 0. The van der Waals surface area contributed by atoms with Crippen LogP contribution in [0.15, 0.2) is 24.5 Å². The molecule has 2 aromatic rings. The third-order valence-corrected chi connectivity index (χ3v) is 4.67. The minimum Gasteiger partial charge on any atom is -0.497 e. The van der Waals surface area contributed by atoms with E-state index in [-0.39, 0.29) is 5.92 Å². The van der Waals surface area contributed by atoms with Crippen LogP contribution in [0.25, 0.3) is 0 Å². The van der Waals surface area contributed by atoms with Gasteiger partial charge in [-0.15, -0.1) is 0 Å². The van der Waals surface area contributed by atoms with Gasteiger partial charge in [0.05, 0.1) is 25.8 Å². The highest BCUT2D eigenvalue weighted by Crippen LogP contribution is 2.35. The molecule has 0 spiro atoms. The molecule has 1 aromatic heterocycles. The number of nitrogens with two attached hydrogens (primary N) is 1. The number of carboxylic acid groups (broad SMARTS) is 1. The SMILES string of the molecule is COc1ccc(Nc2ncnc(N3CCC(C(=O)O)CC3)c2N)c(OC)c1. The van der Waals surface area contributed by atoms with Gasteiger partial charge in [0.25, 0.3) is 0 Å². The fourth-order valence-corrected chi connectivity index (χ4v) is 3.11. The lowest BCUT2D eigenvalue weighted by molar-refractivity contribution is -0.142. The lowest BCUT2D eigenvalue weighted by atomic mass is 9.97. The summed E-state index contributed by atoms with van der Waals surface area (Å²) in [5.41, 5.74) is 7.39. The number of methoxy groups -OCH3 is 2. The van der Waals surface area contributed by atoms with Crippen molar-refractivity contribution in [2.45, 2.75) is 12.8 Å². The van der Waals surface area contributed by atoms with Crippen LogP contribution in [0.3, 0.4) is 0 Å². The number of hydrogen-bond acceptors (Lipinski definition) is 8. The van der Waals surface area contributed by atoms with Crippen LogP contribution >= 0.6 is 0 Å². The molecule has 1 aromatic carbocycles. The number of hydrogen-bond donors (Lipinski definition) is 3. The van der Waals surface area contributed by atoms with Gasteiger partial charge in [-0.1, -0.05) is 0 Å². The fraction of sp³-hybridized carbons (Fsp3) is 0.389. The number of aliphatic carboxylic acids is 1. The minimum absolute atomic E-state index is 0.314. The molecule has 0 unspecified atom stereocenters. The number of carbonyl (C=O) groups is 1. The van der Waals surface area contributed by atoms with Crippen molar-refractivity contribution in [3.05, 3.63) is 24.5 Å². The molecule has 0 atom stereocenters. The number of aromatic nitrogens is 2. The summed E-state index contributed by atoms with van der Waals surface area (Å²) in [6, 6.07) is 5.38. The van der Waals surface area contributed by atoms with Crippen LogP contribution in [0.2, 0.25) is 0 Å². The van der Waals surface area contributed by atoms with Gasteiger partial charge in [0.2, 0.25) is 0 Å². The second kappa shape index (κ2) is 7.98. The first kappa shape index (κ1) is 18.6. The van der Waals surface area contributed by atoms with Crippen molar-refractivity contribution in [2.75, 3.05) is 43.3 Å². The number of rotatable bonds is 6. The highest BCUT2D eigenvalue weighted by Gasteiger charge is 2.26. The largest absolute Gasteiger partial charge is 0.497 e. The predicted molar refractivity (Wildman–Crippen MR) is 102 cm³/mol. The van der Waals surface area contributed by atoms with Crippen LogP contribution in [0, 0.1) is 5.92 Å². The third-order valence-electron chi connectivity index (χ3n) is 4.67. The van der Waals surface area contributed by atoms with E-state index >= 15 is 0 Å². The molecule has 1 aliphatic heterocycles. The van der Waals surface area contributed by atoms with Crippen molar-refractivity contribution < 1.29 is 19.4 Å². The van der Waals surface area contributed by atoms with Crippen molar-refractivity contribution in [3.63, 3.8) is 0 Å². The molecule has 3 rings (SSSR count). The van der Waals surface area contributed by atoms with E-state index in [0.717, 1.165) is 0 Å². The number of piperidine rings is 1. The van der Waals surface area contributed by atoms with E-state index in [1.54, 1.807) is 26.4 Å². The molecule has 2 heterocycles. The zero-order valence-corrected chi connectivity index (χ0v) is 15.3. The molecule has 0 saturated carbocycles. The molecule has 4 N–H and O–H groups in total. The van der Waals surface area contributed by atoms with E-state index < -0.39 is 5.97 Å². The Morgan fingerprint density at radius 3 is 2.63 bits per heavy atom. The van der Waals surface area contributed by atoms with E-state index in [1.807, 2.05) is 11.0 Å². The lowest BCUT2D eigenvalue weighted by Gasteiger charge is -2.31. The number of nitrogens with zero attached hydrogens (tertiary/aromatic N) is 3. The molecule has 1 saturated heterocycles. The van der Waals surface area contributed by atoms with Crippen LogP contribution in [-0.2, 0) is 4.79 Å². The van der Waals surface area contributed by atoms with Gasteiger partial charge in [0.15, 0.2) is 11.6 Å². The van der Waals surface area contributed by atoms with Crippen LogP contribution < -0.4 is 25.4 Å². The molecule has 9 nitrogen and oxygen atoms in total. The van der Waals surface area contributed by atoms with E-state index in [0.29, 0.717) is 60.4 Å². The maximum Gasteiger partial charge on any atom is 0.306 e. The zero-order chi connectivity index (χ0) is 19.4. The van der Waals surface area contributed by atoms with Crippen LogP contribution in [0.4, 0.5) is 23.0 Å². The van der Waals surface area contributed by atoms with E-state index in [4.69, 9.17) is 20.3 Å². The quantitative estimate of drug-likeness (QED) is 0.698. The van der Waals surface area contributed by atoms with Gasteiger partial charge in [-0.25, -0.2) is 9.97 Å². The molecule has 27 heavy (non-hydrogen) atoms. The number of carboxylic acids is 1. The molecular weight excluding hydrogens is 350 g/mol. The van der Waals surface area contributed by atoms with Gasteiger partial charge >= 0.3 is 5.97 Å². The minimum atomic E-state index is -0.751. The van der Waals surface area contributed by atoms with E-state index in [2.05, 4.69) is 15.3 Å². The van der Waals surface area contributed by atoms with Crippen molar-refractivity contribution in [1.82, 2.24) is 9.97 Å². The maximum atomic E-state index is 11.1. The number of nitrogen functional groups attached to an aromatic ring is 1. The average Bonchev–Trinajstić information content (AvgIpc) is 2.70. The van der Waals surface area contributed by atoms with Gasteiger partial charge in [-0.05, 0) is 25.0 Å². The first-order valence-electron chi connectivity index (χ1n) is 8.60. The van der Waals surface area contributed by atoms with Crippen molar-refractivity contribution >= 4 is 29.0 Å². The number of anilines is 4. The Morgan fingerprint density at radius 2 is 2.00 bits per heavy atom. The monoisotopic (exact) mass is 373 g/mol. The second-order valence-electron chi connectivity index (χ2n) is 6.25. The smallest absolute Gasteiger partial charge is 0.306 e. The van der Waals surface area contributed by atoms with Gasteiger partial charge in [-0.3, -0.25) is 4.79 Å². The van der Waals surface area contributed by atoms with Gasteiger partial charge in [0, 0.05) is 19.2 Å². The summed E-state index contributed by atoms with van der Waals surface area (Å²) < 4.78 is 10.6. The summed E-state index contributed by atoms with van der Waals surface area (Å²) in [4.78, 5) is 21.7. The van der Waals surface area contributed by atoms with E-state index in [9.17, 15) is 4.79 Å². The second-order valence-corrected chi connectivity index (χ2v) is 6.25. The molecule has 1 aliphatic rings.